The number of β-lactam (4-membered cyclic amide) rings is 1. The van der Waals surface area contributed by atoms with E-state index in [-0.39, 0.29) is 46.7 Å². The Hall–Kier alpha value is -1.78. The number of piperidine rings is 1. The van der Waals surface area contributed by atoms with Gasteiger partial charge in [-0.05, 0) is 31.0 Å². The molecule has 1 N–H and O–H groups in total. The molecule has 2 fully saturated rings. The number of hydrogen-bond acceptors (Lipinski definition) is 7. The van der Waals surface area contributed by atoms with Crippen LogP contribution in [0.25, 0.3) is 0 Å². The predicted molar refractivity (Wildman–Crippen MR) is 125 cm³/mol. The van der Waals surface area contributed by atoms with Crippen LogP contribution in [0.15, 0.2) is 23.4 Å². The van der Waals surface area contributed by atoms with Gasteiger partial charge < -0.3 is 19.2 Å². The van der Waals surface area contributed by atoms with Crippen molar-refractivity contribution >= 4 is 38.0 Å². The second-order valence-electron chi connectivity index (χ2n) is 9.94. The Bertz CT molecular complexity index is 822. The first-order valence-electron chi connectivity index (χ1n) is 11.1. The first-order valence-corrected chi connectivity index (χ1v) is 14.8. The zero-order valence-electron chi connectivity index (χ0n) is 19.6. The van der Waals surface area contributed by atoms with E-state index in [4.69, 9.17) is 13.9 Å². The molecule has 0 aromatic heterocycles. The topological polar surface area (TPSA) is 94.2 Å². The smallest absolute Gasteiger partial charge is 0.430 e. The van der Waals surface area contributed by atoms with Gasteiger partial charge in [-0.2, -0.15) is 0 Å². The third-order valence-corrected chi connectivity index (χ3v) is 12.5. The molecule has 8 nitrogen and oxygen atoms in total. The van der Waals surface area contributed by atoms with E-state index in [2.05, 4.69) is 45.8 Å². The van der Waals surface area contributed by atoms with Crippen LogP contribution in [0.3, 0.4) is 0 Å². The minimum Gasteiger partial charge on any atom is -0.430 e. The summed E-state index contributed by atoms with van der Waals surface area (Å²) in [5, 5.41) is 2.86. The molecule has 0 aromatic carbocycles. The van der Waals surface area contributed by atoms with Gasteiger partial charge in [-0.3, -0.25) is 14.5 Å². The molecule has 3 heterocycles. The predicted octanol–water partition coefficient (Wildman–Crippen LogP) is 4.11. The van der Waals surface area contributed by atoms with Crippen LogP contribution in [0.4, 0.5) is 4.79 Å². The van der Waals surface area contributed by atoms with Gasteiger partial charge >= 0.3 is 6.16 Å². The number of carbonyl (C=O) groups is 3. The number of rotatable bonds is 8. The number of nitrogens with zero attached hydrogens (tertiary/aromatic N) is 1. The van der Waals surface area contributed by atoms with Crippen LogP contribution in [0.5, 0.6) is 0 Å². The Balaban J connectivity index is 1.72. The number of thioether (sulfide) groups is 1. The summed E-state index contributed by atoms with van der Waals surface area (Å²) in [5.41, 5.74) is 0. The summed E-state index contributed by atoms with van der Waals surface area (Å²) in [6, 6.07) is -0.0442. The van der Waals surface area contributed by atoms with Crippen molar-refractivity contribution in [2.75, 3.05) is 13.2 Å². The van der Waals surface area contributed by atoms with Gasteiger partial charge in [-0.25, -0.2) is 4.79 Å². The molecule has 3 aliphatic rings. The second-order valence-corrected chi connectivity index (χ2v) is 16.0. The molecule has 10 heteroatoms. The number of ether oxygens (including phenoxy) is 2. The number of fused-ring (bicyclic) bond motifs is 1. The van der Waals surface area contributed by atoms with Crippen molar-refractivity contribution in [2.45, 2.75) is 76.0 Å². The standard InChI is InChI=1S/C22H34N2O6SSi/c1-7-11-28-21(27)30-19-16(12-14-9-8-10-17(25)23-14)31-20-15(18(26)24(19)20)13-29-32(5,6)22(2,3)4/h7,14-15,20H,1,8-13H2,2-6H3,(H,23,25)/t14-,15-,20+/m0/s1. The van der Waals surface area contributed by atoms with E-state index in [0.29, 0.717) is 19.4 Å². The summed E-state index contributed by atoms with van der Waals surface area (Å²) in [6.07, 6.45) is 3.28. The lowest BCUT2D eigenvalue weighted by Crippen LogP contribution is -2.59. The summed E-state index contributed by atoms with van der Waals surface area (Å²) in [7, 11) is -2.00. The van der Waals surface area contributed by atoms with Gasteiger partial charge in [0.25, 0.3) is 0 Å². The Morgan fingerprint density at radius 2 is 2.06 bits per heavy atom. The van der Waals surface area contributed by atoms with Crippen molar-refractivity contribution in [1.29, 1.82) is 0 Å². The maximum Gasteiger partial charge on any atom is 0.515 e. The van der Waals surface area contributed by atoms with Crippen molar-refractivity contribution in [3.05, 3.63) is 23.4 Å². The maximum absolute atomic E-state index is 13.0. The average Bonchev–Trinajstić information content (AvgIpc) is 2.99. The molecule has 2 saturated heterocycles. The van der Waals surface area contributed by atoms with Crippen LogP contribution in [0.1, 0.15) is 46.5 Å². The van der Waals surface area contributed by atoms with Crippen LogP contribution >= 0.6 is 11.8 Å². The highest BCUT2D eigenvalue weighted by molar-refractivity contribution is 8.04. The molecule has 0 saturated carbocycles. The van der Waals surface area contributed by atoms with Crippen molar-refractivity contribution in [1.82, 2.24) is 10.2 Å². The lowest BCUT2D eigenvalue weighted by molar-refractivity contribution is -0.151. The van der Waals surface area contributed by atoms with Crippen molar-refractivity contribution in [2.24, 2.45) is 5.92 Å². The summed E-state index contributed by atoms with van der Waals surface area (Å²) >= 11 is 1.52. The number of hydrogen-bond donors (Lipinski definition) is 1. The molecule has 0 spiro atoms. The van der Waals surface area contributed by atoms with Crippen molar-refractivity contribution in [3.63, 3.8) is 0 Å². The number of carbonyl (C=O) groups excluding carboxylic acids is 3. The highest BCUT2D eigenvalue weighted by atomic mass is 32.2. The van der Waals surface area contributed by atoms with E-state index in [1.165, 1.54) is 22.7 Å². The molecule has 0 radical (unpaired) electrons. The molecule has 3 aliphatic heterocycles. The molecular weight excluding hydrogens is 448 g/mol. The van der Waals surface area contributed by atoms with Crippen molar-refractivity contribution < 1.29 is 28.3 Å². The Kier molecular flexibility index (Phi) is 7.46. The fourth-order valence-corrected chi connectivity index (χ4v) is 6.13. The molecule has 0 unspecified atom stereocenters. The molecule has 3 rings (SSSR count). The molecule has 0 aromatic rings. The monoisotopic (exact) mass is 482 g/mol. The van der Waals surface area contributed by atoms with Crippen LogP contribution in [0, 0.1) is 5.92 Å². The number of amides is 2. The average molecular weight is 483 g/mol. The minimum atomic E-state index is -2.00. The summed E-state index contributed by atoms with van der Waals surface area (Å²) in [6.45, 7) is 14.7. The van der Waals surface area contributed by atoms with Gasteiger partial charge in [0, 0.05) is 25.5 Å². The highest BCUT2D eigenvalue weighted by Gasteiger charge is 2.56. The van der Waals surface area contributed by atoms with Gasteiger partial charge in [0.15, 0.2) is 8.32 Å². The minimum absolute atomic E-state index is 0.0215. The van der Waals surface area contributed by atoms with Gasteiger partial charge in [0.05, 0.1) is 10.8 Å². The van der Waals surface area contributed by atoms with Crippen LogP contribution in [0.2, 0.25) is 18.1 Å². The lowest BCUT2D eigenvalue weighted by atomic mass is 9.99. The summed E-state index contributed by atoms with van der Waals surface area (Å²) in [5.74, 6) is -0.161. The SMILES string of the molecule is C=CCOC(=O)OC1=C(C[C@@H]2CCCC(=O)N2)S[C@@H]2[C@@H](CO[Si](C)(C)C(C)(C)C)C(=O)N12. The van der Waals surface area contributed by atoms with Gasteiger partial charge in [0.2, 0.25) is 17.7 Å². The Morgan fingerprint density at radius 3 is 2.69 bits per heavy atom. The first kappa shape index (κ1) is 24.9. The van der Waals surface area contributed by atoms with E-state index >= 15 is 0 Å². The van der Waals surface area contributed by atoms with Gasteiger partial charge in [-0.15, -0.1) is 0 Å². The van der Waals surface area contributed by atoms with E-state index in [1.54, 1.807) is 0 Å². The molecular formula is C22H34N2O6SSi. The zero-order chi connectivity index (χ0) is 23.7. The highest BCUT2D eigenvalue weighted by Crippen LogP contribution is 2.51. The maximum atomic E-state index is 13.0. The fraction of sp³-hybridized carbons (Fsp3) is 0.682. The Morgan fingerprint density at radius 1 is 1.34 bits per heavy atom. The van der Waals surface area contributed by atoms with E-state index < -0.39 is 14.5 Å². The lowest BCUT2D eigenvalue weighted by Gasteiger charge is -2.44. The van der Waals surface area contributed by atoms with Crippen LogP contribution in [-0.2, 0) is 23.5 Å². The van der Waals surface area contributed by atoms with E-state index in [1.807, 2.05) is 0 Å². The summed E-state index contributed by atoms with van der Waals surface area (Å²) in [4.78, 5) is 39.2. The van der Waals surface area contributed by atoms with Crippen LogP contribution < -0.4 is 5.32 Å². The first-order chi connectivity index (χ1) is 14.9. The largest absolute Gasteiger partial charge is 0.515 e. The third-order valence-electron chi connectivity index (χ3n) is 6.56. The van der Waals surface area contributed by atoms with E-state index in [9.17, 15) is 14.4 Å². The fourth-order valence-electron chi connectivity index (χ4n) is 3.61. The Labute approximate surface area is 195 Å². The third kappa shape index (κ3) is 5.23. The quantitative estimate of drug-likeness (QED) is 0.241. The molecule has 32 heavy (non-hydrogen) atoms. The molecule has 0 aliphatic carbocycles. The summed E-state index contributed by atoms with van der Waals surface area (Å²) < 4.78 is 16.7. The molecule has 3 atom stereocenters. The van der Waals surface area contributed by atoms with Crippen LogP contribution in [-0.4, -0.2) is 55.8 Å². The molecule has 178 valence electrons. The van der Waals surface area contributed by atoms with Gasteiger partial charge in [-0.1, -0.05) is 45.2 Å². The van der Waals surface area contributed by atoms with Gasteiger partial charge in [0.1, 0.15) is 12.0 Å². The van der Waals surface area contributed by atoms with E-state index in [0.717, 1.165) is 17.7 Å². The zero-order valence-corrected chi connectivity index (χ0v) is 21.4. The second kappa shape index (κ2) is 9.60. The normalized spacial score (nSPS) is 25.8. The molecule has 0 bridgehead atoms. The molecule has 2 amide bonds. The number of nitrogens with one attached hydrogen (secondary N) is 1. The van der Waals surface area contributed by atoms with Crippen molar-refractivity contribution in [3.8, 4) is 0 Å².